The van der Waals surface area contributed by atoms with Crippen LogP contribution in [0, 0.1) is 6.92 Å². The van der Waals surface area contributed by atoms with Crippen LogP contribution in [0.4, 0.5) is 5.69 Å². The van der Waals surface area contributed by atoms with Crippen LogP contribution in [-0.4, -0.2) is 25.5 Å². The fourth-order valence-corrected chi connectivity index (χ4v) is 3.03. The fraction of sp³-hybridized carbons (Fsp3) is 0.167. The highest BCUT2D eigenvalue weighted by Crippen LogP contribution is 2.18. The number of carbonyl (C=O) groups excluding carboxylic acids is 2. The molecular formula is C24H24N2O3. The van der Waals surface area contributed by atoms with Gasteiger partial charge in [0, 0.05) is 23.4 Å². The van der Waals surface area contributed by atoms with Crippen molar-refractivity contribution in [3.8, 4) is 5.75 Å². The summed E-state index contributed by atoms with van der Waals surface area (Å²) in [6, 6.07) is 22.0. The number of methoxy groups -OCH3 is 1. The molecule has 0 radical (unpaired) electrons. The first-order valence-electron chi connectivity index (χ1n) is 9.45. The molecule has 0 aromatic heterocycles. The number of aryl methyl sites for hydroxylation is 1. The van der Waals surface area contributed by atoms with Gasteiger partial charge in [0.2, 0.25) is 0 Å². The van der Waals surface area contributed by atoms with E-state index in [1.807, 2.05) is 55.5 Å². The van der Waals surface area contributed by atoms with Crippen molar-refractivity contribution in [2.24, 2.45) is 0 Å². The highest BCUT2D eigenvalue weighted by atomic mass is 16.5. The average Bonchev–Trinajstić information content (AvgIpc) is 2.75. The van der Waals surface area contributed by atoms with Gasteiger partial charge >= 0.3 is 0 Å². The van der Waals surface area contributed by atoms with Gasteiger partial charge in [0.1, 0.15) is 5.75 Å². The number of rotatable bonds is 7. The van der Waals surface area contributed by atoms with Crippen molar-refractivity contribution in [2.45, 2.75) is 13.3 Å². The molecule has 2 amide bonds. The van der Waals surface area contributed by atoms with Crippen LogP contribution in [0.2, 0.25) is 0 Å². The maximum absolute atomic E-state index is 12.6. The van der Waals surface area contributed by atoms with Crippen molar-refractivity contribution in [2.75, 3.05) is 19.0 Å². The van der Waals surface area contributed by atoms with Gasteiger partial charge in [-0.25, -0.2) is 0 Å². The number of para-hydroxylation sites is 2. The molecule has 0 aliphatic rings. The molecule has 0 aliphatic carbocycles. The minimum absolute atomic E-state index is 0.217. The van der Waals surface area contributed by atoms with E-state index >= 15 is 0 Å². The zero-order chi connectivity index (χ0) is 20.6. The van der Waals surface area contributed by atoms with Crippen LogP contribution in [0.25, 0.3) is 0 Å². The van der Waals surface area contributed by atoms with Crippen LogP contribution < -0.4 is 15.4 Å². The first-order chi connectivity index (χ1) is 14.1. The second kappa shape index (κ2) is 9.55. The first kappa shape index (κ1) is 20.1. The number of benzene rings is 3. The van der Waals surface area contributed by atoms with Crippen LogP contribution in [0.3, 0.4) is 0 Å². The zero-order valence-corrected chi connectivity index (χ0v) is 16.6. The van der Waals surface area contributed by atoms with E-state index in [4.69, 9.17) is 4.74 Å². The summed E-state index contributed by atoms with van der Waals surface area (Å²) >= 11 is 0. The Morgan fingerprint density at radius 1 is 0.862 bits per heavy atom. The monoisotopic (exact) mass is 388 g/mol. The molecule has 0 fully saturated rings. The fourth-order valence-electron chi connectivity index (χ4n) is 3.03. The Morgan fingerprint density at radius 3 is 2.31 bits per heavy atom. The quantitative estimate of drug-likeness (QED) is 0.637. The molecule has 0 aliphatic heterocycles. The Kier molecular flexibility index (Phi) is 6.63. The molecule has 0 spiro atoms. The second-order valence-electron chi connectivity index (χ2n) is 6.67. The highest BCUT2D eigenvalue weighted by Gasteiger charge is 2.12. The van der Waals surface area contributed by atoms with Gasteiger partial charge < -0.3 is 15.4 Å². The summed E-state index contributed by atoms with van der Waals surface area (Å²) in [6.07, 6.45) is 0.656. The Morgan fingerprint density at radius 2 is 1.55 bits per heavy atom. The molecule has 5 nitrogen and oxygen atoms in total. The minimum atomic E-state index is -0.247. The van der Waals surface area contributed by atoms with E-state index in [-0.39, 0.29) is 11.8 Å². The molecule has 3 rings (SSSR count). The zero-order valence-electron chi connectivity index (χ0n) is 16.6. The number of anilines is 1. The van der Waals surface area contributed by atoms with Gasteiger partial charge in [0.25, 0.3) is 11.8 Å². The molecule has 2 N–H and O–H groups in total. The van der Waals surface area contributed by atoms with E-state index in [0.29, 0.717) is 24.1 Å². The summed E-state index contributed by atoms with van der Waals surface area (Å²) < 4.78 is 5.33. The molecule has 0 atom stereocenters. The number of hydrogen-bond acceptors (Lipinski definition) is 3. The van der Waals surface area contributed by atoms with Gasteiger partial charge in [-0.3, -0.25) is 9.59 Å². The Bertz CT molecular complexity index is 1010. The molecular weight excluding hydrogens is 364 g/mol. The predicted molar refractivity (Wildman–Crippen MR) is 115 cm³/mol. The predicted octanol–water partition coefficient (Wildman–Crippen LogP) is 4.23. The topological polar surface area (TPSA) is 67.4 Å². The van der Waals surface area contributed by atoms with Gasteiger partial charge in [0.15, 0.2) is 0 Å². The second-order valence-corrected chi connectivity index (χ2v) is 6.67. The SMILES string of the molecule is COc1ccccc1CCNC(=O)c1cccc(C(=O)Nc2ccccc2C)c1. The number of nitrogens with one attached hydrogen (secondary N) is 2. The lowest BCUT2D eigenvalue weighted by Gasteiger charge is -2.10. The molecule has 0 bridgehead atoms. The number of carbonyl (C=O) groups is 2. The van der Waals surface area contributed by atoms with E-state index in [1.54, 1.807) is 31.4 Å². The molecule has 3 aromatic rings. The average molecular weight is 388 g/mol. The highest BCUT2D eigenvalue weighted by molar-refractivity contribution is 6.06. The summed E-state index contributed by atoms with van der Waals surface area (Å²) in [4.78, 5) is 25.1. The normalized spacial score (nSPS) is 10.3. The smallest absolute Gasteiger partial charge is 0.255 e. The first-order valence-corrected chi connectivity index (χ1v) is 9.45. The minimum Gasteiger partial charge on any atom is -0.496 e. The third-order valence-corrected chi connectivity index (χ3v) is 4.65. The summed E-state index contributed by atoms with van der Waals surface area (Å²) in [5.74, 6) is 0.338. The van der Waals surface area contributed by atoms with Crippen LogP contribution in [0.5, 0.6) is 5.75 Å². The number of amides is 2. The van der Waals surface area contributed by atoms with Crippen molar-refractivity contribution < 1.29 is 14.3 Å². The lowest BCUT2D eigenvalue weighted by Crippen LogP contribution is -2.26. The van der Waals surface area contributed by atoms with E-state index in [2.05, 4.69) is 10.6 Å². The maximum Gasteiger partial charge on any atom is 0.255 e. The largest absolute Gasteiger partial charge is 0.496 e. The van der Waals surface area contributed by atoms with Gasteiger partial charge in [-0.05, 0) is 54.8 Å². The molecule has 148 valence electrons. The molecule has 0 unspecified atom stereocenters. The molecule has 0 saturated heterocycles. The lowest BCUT2D eigenvalue weighted by atomic mass is 10.1. The van der Waals surface area contributed by atoms with E-state index in [0.717, 1.165) is 22.6 Å². The van der Waals surface area contributed by atoms with Gasteiger partial charge in [-0.2, -0.15) is 0 Å². The van der Waals surface area contributed by atoms with E-state index in [9.17, 15) is 9.59 Å². The lowest BCUT2D eigenvalue weighted by molar-refractivity contribution is 0.0954. The third-order valence-electron chi connectivity index (χ3n) is 4.65. The third kappa shape index (κ3) is 5.23. The van der Waals surface area contributed by atoms with Crippen molar-refractivity contribution >= 4 is 17.5 Å². The van der Waals surface area contributed by atoms with Gasteiger partial charge in [-0.1, -0.05) is 42.5 Å². The summed E-state index contributed by atoms with van der Waals surface area (Å²) in [5, 5.41) is 5.78. The van der Waals surface area contributed by atoms with Gasteiger partial charge in [-0.15, -0.1) is 0 Å². The molecule has 3 aromatic carbocycles. The number of hydrogen-bond donors (Lipinski definition) is 2. The standard InChI is InChI=1S/C24H24N2O3/c1-17-8-3-5-12-21(17)26-24(28)20-11-7-10-19(16-20)23(27)25-15-14-18-9-4-6-13-22(18)29-2/h3-13,16H,14-15H2,1-2H3,(H,25,27)(H,26,28). The van der Waals surface area contributed by atoms with Crippen molar-refractivity contribution in [1.29, 1.82) is 0 Å². The Hall–Kier alpha value is -3.60. The Labute approximate surface area is 170 Å². The summed E-state index contributed by atoms with van der Waals surface area (Å²) in [6.45, 7) is 2.40. The van der Waals surface area contributed by atoms with E-state index < -0.39 is 0 Å². The van der Waals surface area contributed by atoms with Crippen molar-refractivity contribution in [3.63, 3.8) is 0 Å². The molecule has 0 saturated carbocycles. The van der Waals surface area contributed by atoms with E-state index in [1.165, 1.54) is 0 Å². The molecule has 29 heavy (non-hydrogen) atoms. The van der Waals surface area contributed by atoms with Crippen LogP contribution >= 0.6 is 0 Å². The van der Waals surface area contributed by atoms with Crippen molar-refractivity contribution in [1.82, 2.24) is 5.32 Å². The summed E-state index contributed by atoms with van der Waals surface area (Å²) in [5.41, 5.74) is 3.64. The van der Waals surface area contributed by atoms with Crippen LogP contribution in [0.1, 0.15) is 31.8 Å². The van der Waals surface area contributed by atoms with Crippen LogP contribution in [-0.2, 0) is 6.42 Å². The van der Waals surface area contributed by atoms with Crippen LogP contribution in [0.15, 0.2) is 72.8 Å². The Balaban J connectivity index is 1.62. The maximum atomic E-state index is 12.6. The van der Waals surface area contributed by atoms with Crippen molar-refractivity contribution in [3.05, 3.63) is 95.1 Å². The van der Waals surface area contributed by atoms with Gasteiger partial charge in [0.05, 0.1) is 7.11 Å². The summed E-state index contributed by atoms with van der Waals surface area (Å²) in [7, 11) is 1.63. The number of ether oxygens (including phenoxy) is 1. The molecule has 5 heteroatoms. The molecule has 0 heterocycles.